The van der Waals surface area contributed by atoms with Crippen LogP contribution in [-0.4, -0.2) is 122 Å². The monoisotopic (exact) mass is 571 g/mol. The highest BCUT2D eigenvalue weighted by Crippen LogP contribution is 2.41. The fourth-order valence-electron chi connectivity index (χ4n) is 6.73. The van der Waals surface area contributed by atoms with Gasteiger partial charge in [0.15, 0.2) is 0 Å². The van der Waals surface area contributed by atoms with Crippen molar-refractivity contribution in [1.29, 1.82) is 0 Å². The van der Waals surface area contributed by atoms with E-state index in [2.05, 4.69) is 39.0 Å². The van der Waals surface area contributed by atoms with E-state index < -0.39 is 11.9 Å². The third-order valence-corrected chi connectivity index (χ3v) is 9.02. The van der Waals surface area contributed by atoms with Gasteiger partial charge in [-0.25, -0.2) is 0 Å². The number of ether oxygens (including phenoxy) is 1. The number of fused-ring (bicyclic) bond motifs is 1. The summed E-state index contributed by atoms with van der Waals surface area (Å²) in [5.41, 5.74) is 2.13. The van der Waals surface area contributed by atoms with E-state index in [0.29, 0.717) is 32.5 Å². The molecule has 3 aliphatic rings. The standard InChI is InChI=1S/C32H50N4O5/c1-5-6-15-33(16-7-8-19-36(2,3)4)30(38)23-35-22-26(24-11-12-28-25(21-24)14-20-41-28)31(32(39)40)27(35)13-18-34-17-9-10-29(34)37/h11-12,21,26-27,31H,5-10,13-20,22-23H2,1-4H3/p+1. The maximum Gasteiger partial charge on any atom is 0.308 e. The fourth-order valence-corrected chi connectivity index (χ4v) is 6.73. The highest BCUT2D eigenvalue weighted by Gasteiger charge is 2.47. The highest BCUT2D eigenvalue weighted by atomic mass is 16.5. The molecular formula is C32H51N4O5+. The van der Waals surface area contributed by atoms with Crippen LogP contribution in [0.2, 0.25) is 0 Å². The Morgan fingerprint density at radius 3 is 2.59 bits per heavy atom. The quantitative estimate of drug-likeness (QED) is 0.257. The molecule has 228 valence electrons. The number of likely N-dealkylation sites (tertiary alicyclic amines) is 2. The number of carboxylic acids is 1. The van der Waals surface area contributed by atoms with Gasteiger partial charge < -0.3 is 24.1 Å². The predicted octanol–water partition coefficient (Wildman–Crippen LogP) is 3.22. The van der Waals surface area contributed by atoms with Gasteiger partial charge in [-0.3, -0.25) is 19.3 Å². The summed E-state index contributed by atoms with van der Waals surface area (Å²) in [4.78, 5) is 44.9. The molecule has 0 saturated carbocycles. The zero-order chi connectivity index (χ0) is 29.6. The van der Waals surface area contributed by atoms with Gasteiger partial charge in [-0.15, -0.1) is 0 Å². The third-order valence-electron chi connectivity index (χ3n) is 9.02. The maximum absolute atomic E-state index is 13.8. The molecule has 41 heavy (non-hydrogen) atoms. The van der Waals surface area contributed by atoms with Crippen molar-refractivity contribution < 1.29 is 28.7 Å². The van der Waals surface area contributed by atoms with Gasteiger partial charge in [-0.1, -0.05) is 25.5 Å². The average molecular weight is 572 g/mol. The van der Waals surface area contributed by atoms with Gasteiger partial charge >= 0.3 is 5.97 Å². The molecule has 2 fully saturated rings. The molecule has 9 heteroatoms. The molecule has 2 amide bonds. The van der Waals surface area contributed by atoms with Crippen LogP contribution in [0.3, 0.4) is 0 Å². The number of unbranched alkanes of at least 4 members (excludes halogenated alkanes) is 2. The number of aliphatic carboxylic acids is 1. The van der Waals surface area contributed by atoms with E-state index in [9.17, 15) is 19.5 Å². The summed E-state index contributed by atoms with van der Waals surface area (Å²) in [5.74, 6) is -0.590. The van der Waals surface area contributed by atoms with Crippen LogP contribution < -0.4 is 4.74 Å². The zero-order valence-corrected chi connectivity index (χ0v) is 25.6. The van der Waals surface area contributed by atoms with E-state index >= 15 is 0 Å². The number of rotatable bonds is 15. The molecule has 0 bridgehead atoms. The van der Waals surface area contributed by atoms with Crippen molar-refractivity contribution in [1.82, 2.24) is 14.7 Å². The van der Waals surface area contributed by atoms with Crippen molar-refractivity contribution in [2.75, 3.05) is 73.6 Å². The molecule has 4 rings (SSSR count). The topological polar surface area (TPSA) is 90.4 Å². The van der Waals surface area contributed by atoms with E-state index in [0.717, 1.165) is 86.1 Å². The lowest BCUT2D eigenvalue weighted by atomic mass is 9.83. The molecule has 0 aromatic heterocycles. The minimum atomic E-state index is -0.831. The van der Waals surface area contributed by atoms with E-state index in [-0.39, 0.29) is 30.3 Å². The van der Waals surface area contributed by atoms with Crippen LogP contribution in [0.15, 0.2) is 18.2 Å². The molecule has 3 atom stereocenters. The van der Waals surface area contributed by atoms with Gasteiger partial charge in [-0.2, -0.15) is 0 Å². The number of carbonyl (C=O) groups excluding carboxylic acids is 2. The van der Waals surface area contributed by atoms with Crippen molar-refractivity contribution in [2.24, 2.45) is 5.92 Å². The van der Waals surface area contributed by atoms with Crippen molar-refractivity contribution in [3.8, 4) is 5.75 Å². The second-order valence-corrected chi connectivity index (χ2v) is 13.2. The van der Waals surface area contributed by atoms with Gasteiger partial charge in [0.25, 0.3) is 0 Å². The molecule has 1 aromatic rings. The van der Waals surface area contributed by atoms with Crippen LogP contribution in [0.1, 0.15) is 68.9 Å². The molecule has 3 heterocycles. The van der Waals surface area contributed by atoms with Crippen molar-refractivity contribution in [3.05, 3.63) is 29.3 Å². The maximum atomic E-state index is 13.8. The van der Waals surface area contributed by atoms with Crippen LogP contribution in [-0.2, 0) is 20.8 Å². The van der Waals surface area contributed by atoms with Crippen molar-refractivity contribution in [2.45, 2.75) is 70.3 Å². The van der Waals surface area contributed by atoms with Gasteiger partial charge in [-0.05, 0) is 49.3 Å². The lowest BCUT2D eigenvalue weighted by Gasteiger charge is -2.31. The van der Waals surface area contributed by atoms with E-state index in [4.69, 9.17) is 4.74 Å². The molecule has 3 aliphatic heterocycles. The second-order valence-electron chi connectivity index (χ2n) is 13.2. The minimum absolute atomic E-state index is 0.0816. The molecule has 3 unspecified atom stereocenters. The smallest absolute Gasteiger partial charge is 0.308 e. The van der Waals surface area contributed by atoms with Gasteiger partial charge in [0.2, 0.25) is 11.8 Å². The summed E-state index contributed by atoms with van der Waals surface area (Å²) < 4.78 is 6.60. The van der Waals surface area contributed by atoms with Gasteiger partial charge in [0.1, 0.15) is 5.75 Å². The Morgan fingerprint density at radius 1 is 1.12 bits per heavy atom. The Hall–Kier alpha value is -2.65. The Kier molecular flexibility index (Phi) is 10.7. The number of nitrogens with zero attached hydrogens (tertiary/aromatic N) is 4. The summed E-state index contributed by atoms with van der Waals surface area (Å²) in [7, 11) is 6.56. The lowest BCUT2D eigenvalue weighted by molar-refractivity contribution is -0.870. The van der Waals surface area contributed by atoms with Crippen LogP contribution in [0.4, 0.5) is 0 Å². The molecule has 0 aliphatic carbocycles. The normalized spacial score (nSPS) is 22.7. The van der Waals surface area contributed by atoms with Crippen LogP contribution in [0.5, 0.6) is 5.75 Å². The molecule has 0 spiro atoms. The number of amides is 2. The number of hydrogen-bond donors (Lipinski definition) is 1. The van der Waals surface area contributed by atoms with Crippen LogP contribution in [0, 0.1) is 5.92 Å². The zero-order valence-electron chi connectivity index (χ0n) is 25.6. The first-order valence-electron chi connectivity index (χ1n) is 15.7. The number of benzene rings is 1. The minimum Gasteiger partial charge on any atom is -0.493 e. The first-order valence-corrected chi connectivity index (χ1v) is 15.7. The van der Waals surface area contributed by atoms with Gasteiger partial charge in [0, 0.05) is 57.5 Å². The number of carbonyl (C=O) groups is 3. The molecular weight excluding hydrogens is 520 g/mol. The van der Waals surface area contributed by atoms with E-state index in [1.165, 1.54) is 0 Å². The van der Waals surface area contributed by atoms with Crippen LogP contribution in [0.25, 0.3) is 0 Å². The molecule has 1 N–H and O–H groups in total. The third kappa shape index (κ3) is 8.22. The molecule has 9 nitrogen and oxygen atoms in total. The molecule has 1 aromatic carbocycles. The van der Waals surface area contributed by atoms with Crippen molar-refractivity contribution >= 4 is 17.8 Å². The lowest BCUT2D eigenvalue weighted by Crippen LogP contribution is -2.46. The SMILES string of the molecule is CCCCN(CCCC[N+](C)(C)C)C(=O)CN1CC(c2ccc3c(c2)CCO3)C(C(=O)O)C1CCN1CCCC1=O. The summed E-state index contributed by atoms with van der Waals surface area (Å²) >= 11 is 0. The Balaban J connectivity index is 1.52. The van der Waals surface area contributed by atoms with E-state index in [1.807, 2.05) is 21.9 Å². The highest BCUT2D eigenvalue weighted by molar-refractivity contribution is 5.79. The van der Waals surface area contributed by atoms with Crippen molar-refractivity contribution in [3.63, 3.8) is 0 Å². The summed E-state index contributed by atoms with van der Waals surface area (Å²) in [5, 5.41) is 10.5. The van der Waals surface area contributed by atoms with E-state index in [1.54, 1.807) is 0 Å². The Bertz CT molecular complexity index is 1070. The Labute approximate surface area is 246 Å². The van der Waals surface area contributed by atoms with Crippen LogP contribution >= 0.6 is 0 Å². The summed E-state index contributed by atoms with van der Waals surface area (Å²) in [6, 6.07) is 5.76. The number of carboxylic acid groups (broad SMARTS) is 1. The van der Waals surface area contributed by atoms with Gasteiger partial charge in [0.05, 0.1) is 46.8 Å². The summed E-state index contributed by atoms with van der Waals surface area (Å²) in [6.45, 7) is 7.32. The second kappa shape index (κ2) is 14.0. The predicted molar refractivity (Wildman–Crippen MR) is 159 cm³/mol. The number of quaternary nitrogens is 1. The Morgan fingerprint density at radius 2 is 1.90 bits per heavy atom. The number of hydrogen-bond acceptors (Lipinski definition) is 5. The first kappa shape index (κ1) is 31.3. The largest absolute Gasteiger partial charge is 0.493 e. The molecule has 2 saturated heterocycles. The average Bonchev–Trinajstić information content (AvgIpc) is 3.64. The first-order chi connectivity index (χ1) is 19.6. The summed E-state index contributed by atoms with van der Waals surface area (Å²) in [6.07, 6.45) is 6.80. The fraction of sp³-hybridized carbons (Fsp3) is 0.719. The molecule has 0 radical (unpaired) electrons.